The monoisotopic (exact) mass is 514 g/mol. The Morgan fingerprint density at radius 1 is 0.568 bits per heavy atom. The van der Waals surface area contributed by atoms with Crippen LogP contribution in [0.3, 0.4) is 0 Å². The smallest absolute Gasteiger partial charge is 0.307 e. The van der Waals surface area contributed by atoms with Crippen molar-refractivity contribution in [1.29, 1.82) is 0 Å². The highest BCUT2D eigenvalue weighted by Gasteiger charge is 2.22. The quantitative estimate of drug-likeness (QED) is 0.320. The van der Waals surface area contributed by atoms with Crippen LogP contribution >= 0.6 is 0 Å². The van der Waals surface area contributed by atoms with Crippen LogP contribution in [0.25, 0.3) is 0 Å². The Morgan fingerprint density at radius 2 is 0.946 bits per heavy atom. The summed E-state index contributed by atoms with van der Waals surface area (Å²) in [6.45, 7) is 15.3. The molecule has 0 aliphatic carbocycles. The van der Waals surface area contributed by atoms with Gasteiger partial charge in [0, 0.05) is 0 Å². The van der Waals surface area contributed by atoms with Gasteiger partial charge in [0.25, 0.3) is 0 Å². The number of rotatable bonds is 10. The lowest BCUT2D eigenvalue weighted by Gasteiger charge is -2.16. The SMILES string of the molecule is CC(C)[C@@H](C)C(=O)O.CC(C)[C@@H](Cc1ccccc1)C(=O)O.Cc1ccc(C[C@@H](C(=O)O)C(C)C)cc1. The zero-order valence-corrected chi connectivity index (χ0v) is 23.6. The Kier molecular flexibility index (Phi) is 15.9. The van der Waals surface area contributed by atoms with Gasteiger partial charge in [-0.1, -0.05) is 109 Å². The van der Waals surface area contributed by atoms with Gasteiger partial charge in [-0.3, -0.25) is 14.4 Å². The van der Waals surface area contributed by atoms with E-state index in [1.165, 1.54) is 5.56 Å². The van der Waals surface area contributed by atoms with E-state index in [1.54, 1.807) is 6.92 Å². The van der Waals surface area contributed by atoms with Crippen LogP contribution in [0.15, 0.2) is 54.6 Å². The molecule has 0 aromatic heterocycles. The molecule has 0 unspecified atom stereocenters. The van der Waals surface area contributed by atoms with E-state index in [2.05, 4.69) is 0 Å². The van der Waals surface area contributed by atoms with Crippen molar-refractivity contribution in [3.05, 3.63) is 71.3 Å². The zero-order chi connectivity index (χ0) is 28.7. The van der Waals surface area contributed by atoms with Crippen molar-refractivity contribution >= 4 is 17.9 Å². The number of hydrogen-bond donors (Lipinski definition) is 3. The zero-order valence-electron chi connectivity index (χ0n) is 23.6. The molecule has 2 aromatic rings. The minimum atomic E-state index is -0.708. The van der Waals surface area contributed by atoms with E-state index >= 15 is 0 Å². The maximum atomic E-state index is 11.0. The maximum absolute atomic E-state index is 11.0. The van der Waals surface area contributed by atoms with Crippen LogP contribution in [0.2, 0.25) is 0 Å². The van der Waals surface area contributed by atoms with Crippen LogP contribution in [0.5, 0.6) is 0 Å². The topological polar surface area (TPSA) is 112 Å². The summed E-state index contributed by atoms with van der Waals surface area (Å²) in [6.07, 6.45) is 1.24. The first-order valence-corrected chi connectivity index (χ1v) is 12.9. The minimum Gasteiger partial charge on any atom is -0.481 e. The molecule has 0 saturated heterocycles. The van der Waals surface area contributed by atoms with Crippen LogP contribution in [0, 0.1) is 42.4 Å². The van der Waals surface area contributed by atoms with E-state index < -0.39 is 17.9 Å². The molecule has 6 heteroatoms. The van der Waals surface area contributed by atoms with Crippen molar-refractivity contribution in [1.82, 2.24) is 0 Å². The molecule has 0 fully saturated rings. The minimum absolute atomic E-state index is 0.170. The number of benzene rings is 2. The van der Waals surface area contributed by atoms with E-state index in [-0.39, 0.29) is 35.5 Å². The van der Waals surface area contributed by atoms with Gasteiger partial charge in [0.2, 0.25) is 0 Å². The normalized spacial score (nSPS) is 13.1. The van der Waals surface area contributed by atoms with Crippen molar-refractivity contribution < 1.29 is 29.7 Å². The van der Waals surface area contributed by atoms with E-state index in [4.69, 9.17) is 15.3 Å². The largest absolute Gasteiger partial charge is 0.481 e. The number of hydrogen-bond acceptors (Lipinski definition) is 3. The molecule has 0 saturated carbocycles. The van der Waals surface area contributed by atoms with Crippen molar-refractivity contribution in [2.24, 2.45) is 35.5 Å². The molecular formula is C31H46O6. The third-order valence-electron chi connectivity index (χ3n) is 6.51. The summed E-state index contributed by atoms with van der Waals surface area (Å²) in [5.74, 6) is -2.31. The van der Waals surface area contributed by atoms with Crippen molar-refractivity contribution in [3.63, 3.8) is 0 Å². The van der Waals surface area contributed by atoms with E-state index in [0.717, 1.165) is 11.1 Å². The molecule has 0 heterocycles. The predicted molar refractivity (Wildman–Crippen MR) is 149 cm³/mol. The fourth-order valence-corrected chi connectivity index (χ4v) is 3.35. The second kappa shape index (κ2) is 17.3. The summed E-state index contributed by atoms with van der Waals surface area (Å²) < 4.78 is 0. The molecule has 0 aliphatic rings. The molecule has 0 bridgehead atoms. The molecule has 0 amide bonds. The van der Waals surface area contributed by atoms with Gasteiger partial charge >= 0.3 is 17.9 Å². The average molecular weight is 515 g/mol. The van der Waals surface area contributed by atoms with Crippen LogP contribution in [0.1, 0.15) is 65.2 Å². The molecule has 6 nitrogen and oxygen atoms in total. The van der Waals surface area contributed by atoms with Crippen molar-refractivity contribution in [3.8, 4) is 0 Å². The second-order valence-corrected chi connectivity index (χ2v) is 10.6. The number of carbonyl (C=O) groups is 3. The van der Waals surface area contributed by atoms with Gasteiger partial charge in [-0.05, 0) is 48.6 Å². The molecule has 3 atom stereocenters. The lowest BCUT2D eigenvalue weighted by Crippen LogP contribution is -2.22. The molecule has 2 rings (SSSR count). The summed E-state index contributed by atoms with van der Waals surface area (Å²) in [6, 6.07) is 17.8. The fraction of sp³-hybridized carbons (Fsp3) is 0.516. The maximum Gasteiger partial charge on any atom is 0.307 e. The van der Waals surface area contributed by atoms with Crippen molar-refractivity contribution in [2.45, 2.75) is 68.2 Å². The Labute approximate surface area is 222 Å². The second-order valence-electron chi connectivity index (χ2n) is 10.6. The summed E-state index contributed by atoms with van der Waals surface area (Å²) in [5, 5.41) is 26.4. The average Bonchev–Trinajstić information content (AvgIpc) is 2.82. The Bertz CT molecular complexity index is 932. The fourth-order valence-electron chi connectivity index (χ4n) is 3.35. The van der Waals surface area contributed by atoms with Gasteiger partial charge < -0.3 is 15.3 Å². The molecular weight excluding hydrogens is 468 g/mol. The summed E-state index contributed by atoms with van der Waals surface area (Å²) in [7, 11) is 0. The van der Waals surface area contributed by atoms with E-state index in [9.17, 15) is 14.4 Å². The first kappa shape index (κ1) is 33.8. The van der Waals surface area contributed by atoms with Gasteiger partial charge in [0.1, 0.15) is 0 Å². The van der Waals surface area contributed by atoms with Gasteiger partial charge in [0.05, 0.1) is 17.8 Å². The van der Waals surface area contributed by atoms with Gasteiger partial charge in [-0.15, -0.1) is 0 Å². The number of carboxylic acid groups (broad SMARTS) is 3. The first-order chi connectivity index (χ1) is 17.2. The summed E-state index contributed by atoms with van der Waals surface area (Å²) in [4.78, 5) is 32.1. The number of carboxylic acids is 3. The summed E-state index contributed by atoms with van der Waals surface area (Å²) >= 11 is 0. The summed E-state index contributed by atoms with van der Waals surface area (Å²) in [5.41, 5.74) is 3.39. The highest BCUT2D eigenvalue weighted by atomic mass is 16.4. The van der Waals surface area contributed by atoms with E-state index in [0.29, 0.717) is 12.8 Å². The third-order valence-corrected chi connectivity index (χ3v) is 6.51. The number of aryl methyl sites for hydroxylation is 1. The predicted octanol–water partition coefficient (Wildman–Crippen LogP) is 6.84. The molecule has 2 aromatic carbocycles. The Morgan fingerprint density at radius 3 is 1.22 bits per heavy atom. The molecule has 0 radical (unpaired) electrons. The molecule has 206 valence electrons. The first-order valence-electron chi connectivity index (χ1n) is 12.9. The van der Waals surface area contributed by atoms with Gasteiger partial charge in [-0.2, -0.15) is 0 Å². The lowest BCUT2D eigenvalue weighted by atomic mass is 9.89. The molecule has 37 heavy (non-hydrogen) atoms. The number of aliphatic carboxylic acids is 3. The third kappa shape index (κ3) is 14.2. The van der Waals surface area contributed by atoms with Crippen LogP contribution in [0.4, 0.5) is 0 Å². The molecule has 3 N–H and O–H groups in total. The Hall–Kier alpha value is -3.15. The van der Waals surface area contributed by atoms with Crippen LogP contribution in [-0.2, 0) is 27.2 Å². The molecule has 0 spiro atoms. The van der Waals surface area contributed by atoms with Crippen LogP contribution < -0.4 is 0 Å². The standard InChI is InChI=1S/C13H18O2.C12H16O2.C6H12O2/c1-9(2)12(13(14)15)8-11-6-4-10(3)5-7-11;1-9(2)11(12(13)14)8-10-6-4-3-5-7-10;1-4(2)5(3)6(7)8/h4-7,9,12H,8H2,1-3H3,(H,14,15);3-7,9,11H,8H2,1-2H3,(H,13,14);4-5H,1-3H3,(H,7,8)/t12-;11-;5-/m111/s1. The highest BCUT2D eigenvalue weighted by molar-refractivity contribution is 5.71. The van der Waals surface area contributed by atoms with Crippen molar-refractivity contribution in [2.75, 3.05) is 0 Å². The lowest BCUT2D eigenvalue weighted by molar-refractivity contribution is -0.144. The van der Waals surface area contributed by atoms with Gasteiger partial charge in [0.15, 0.2) is 0 Å². The molecule has 0 aliphatic heterocycles. The highest BCUT2D eigenvalue weighted by Crippen LogP contribution is 2.18. The van der Waals surface area contributed by atoms with Gasteiger partial charge in [-0.25, -0.2) is 0 Å². The van der Waals surface area contributed by atoms with Crippen LogP contribution in [-0.4, -0.2) is 33.2 Å². The van der Waals surface area contributed by atoms with E-state index in [1.807, 2.05) is 103 Å². The Balaban J connectivity index is 0.000000551.